The molecule has 2 nitrogen and oxygen atoms in total. The van der Waals surface area contributed by atoms with Crippen LogP contribution in [-0.2, 0) is 12.8 Å². The monoisotopic (exact) mass is 256 g/mol. The fraction of sp³-hybridized carbons (Fsp3) is 0.294. The van der Waals surface area contributed by atoms with Gasteiger partial charge in [0, 0.05) is 5.56 Å². The average molecular weight is 256 g/mol. The number of hydrogen-bond acceptors (Lipinski definition) is 2. The van der Waals surface area contributed by atoms with Crippen molar-refractivity contribution in [1.29, 1.82) is 0 Å². The fourth-order valence-electron chi connectivity index (χ4n) is 2.40. The second kappa shape index (κ2) is 5.35. The Morgan fingerprint density at radius 1 is 0.737 bits per heavy atom. The Hall–Kier alpha value is -1.96. The molecular formula is C17H20O2. The molecule has 0 aliphatic rings. The van der Waals surface area contributed by atoms with Gasteiger partial charge in [-0.2, -0.15) is 0 Å². The summed E-state index contributed by atoms with van der Waals surface area (Å²) < 4.78 is 0. The highest BCUT2D eigenvalue weighted by Gasteiger charge is 2.15. The van der Waals surface area contributed by atoms with Crippen molar-refractivity contribution in [2.24, 2.45) is 0 Å². The molecule has 0 atom stereocenters. The molecule has 2 N–H and O–H groups in total. The van der Waals surface area contributed by atoms with Crippen molar-refractivity contribution >= 4 is 0 Å². The van der Waals surface area contributed by atoms with Crippen molar-refractivity contribution in [3.63, 3.8) is 0 Å². The largest absolute Gasteiger partial charge is 0.507 e. The van der Waals surface area contributed by atoms with E-state index in [4.69, 9.17) is 0 Å². The van der Waals surface area contributed by atoms with Crippen molar-refractivity contribution in [1.82, 2.24) is 0 Å². The molecule has 0 spiro atoms. The lowest BCUT2D eigenvalue weighted by atomic mass is 9.93. The third-order valence-corrected chi connectivity index (χ3v) is 3.87. The highest BCUT2D eigenvalue weighted by atomic mass is 16.3. The van der Waals surface area contributed by atoms with Crippen molar-refractivity contribution in [3.8, 4) is 11.5 Å². The Kier molecular flexibility index (Phi) is 3.79. The normalized spacial score (nSPS) is 10.7. The summed E-state index contributed by atoms with van der Waals surface area (Å²) in [6.45, 7) is 5.54. The molecule has 2 aromatic rings. The van der Waals surface area contributed by atoms with Gasteiger partial charge in [0.25, 0.3) is 0 Å². The van der Waals surface area contributed by atoms with Gasteiger partial charge in [0.05, 0.1) is 0 Å². The average Bonchev–Trinajstić information content (AvgIpc) is 2.44. The zero-order valence-corrected chi connectivity index (χ0v) is 11.7. The Morgan fingerprint density at radius 2 is 1.32 bits per heavy atom. The molecule has 0 aromatic heterocycles. The molecule has 0 amide bonds. The van der Waals surface area contributed by atoms with Crippen LogP contribution in [0.15, 0.2) is 30.3 Å². The molecule has 0 unspecified atom stereocenters. The summed E-state index contributed by atoms with van der Waals surface area (Å²) in [4.78, 5) is 0. The fourth-order valence-corrected chi connectivity index (χ4v) is 2.40. The first-order chi connectivity index (χ1) is 9.02. The lowest BCUT2D eigenvalue weighted by molar-refractivity contribution is 0.443. The maximum absolute atomic E-state index is 10.3. The quantitative estimate of drug-likeness (QED) is 0.820. The molecule has 0 radical (unpaired) electrons. The number of aromatic hydroxyl groups is 2. The van der Waals surface area contributed by atoms with E-state index < -0.39 is 0 Å². The van der Waals surface area contributed by atoms with E-state index in [1.165, 1.54) is 5.56 Å². The number of hydrogen-bond donors (Lipinski definition) is 2. The van der Waals surface area contributed by atoms with E-state index in [1.807, 2.05) is 39.0 Å². The highest BCUT2D eigenvalue weighted by Crippen LogP contribution is 2.36. The van der Waals surface area contributed by atoms with Crippen LogP contribution in [0.2, 0.25) is 0 Å². The standard InChI is InChI=1S/C17H20O2/c1-11-12(2)17(19)15(13(3)16(11)18)10-9-14-7-5-4-6-8-14/h4-8,18-19H,9-10H2,1-3H3. The summed E-state index contributed by atoms with van der Waals surface area (Å²) in [7, 11) is 0. The topological polar surface area (TPSA) is 40.5 Å². The molecule has 2 rings (SSSR count). The molecule has 100 valence electrons. The molecule has 2 aromatic carbocycles. The maximum atomic E-state index is 10.3. The van der Waals surface area contributed by atoms with Crippen LogP contribution in [0.25, 0.3) is 0 Å². The number of benzene rings is 2. The first kappa shape index (κ1) is 13.5. The van der Waals surface area contributed by atoms with Crippen molar-refractivity contribution in [2.45, 2.75) is 33.6 Å². The smallest absolute Gasteiger partial charge is 0.122 e. The van der Waals surface area contributed by atoms with Crippen LogP contribution in [0.1, 0.15) is 27.8 Å². The highest BCUT2D eigenvalue weighted by molar-refractivity contribution is 5.56. The van der Waals surface area contributed by atoms with Crippen LogP contribution in [0, 0.1) is 20.8 Å². The summed E-state index contributed by atoms with van der Waals surface area (Å²) in [5, 5.41) is 20.3. The van der Waals surface area contributed by atoms with Crippen molar-refractivity contribution in [2.75, 3.05) is 0 Å². The van der Waals surface area contributed by atoms with Crippen LogP contribution < -0.4 is 0 Å². The second-order valence-electron chi connectivity index (χ2n) is 5.04. The van der Waals surface area contributed by atoms with Gasteiger partial charge < -0.3 is 10.2 Å². The predicted octanol–water partition coefficient (Wildman–Crippen LogP) is 3.81. The zero-order chi connectivity index (χ0) is 14.0. The van der Waals surface area contributed by atoms with Crippen LogP contribution in [-0.4, -0.2) is 10.2 Å². The van der Waals surface area contributed by atoms with Gasteiger partial charge in [-0.1, -0.05) is 30.3 Å². The first-order valence-corrected chi connectivity index (χ1v) is 6.57. The van der Waals surface area contributed by atoms with Gasteiger partial charge in [-0.3, -0.25) is 0 Å². The number of rotatable bonds is 3. The van der Waals surface area contributed by atoms with E-state index in [2.05, 4.69) is 12.1 Å². The second-order valence-corrected chi connectivity index (χ2v) is 5.04. The molecule has 0 aliphatic heterocycles. The molecular weight excluding hydrogens is 236 g/mol. The SMILES string of the molecule is Cc1c(C)c(O)c(CCc2ccccc2)c(C)c1O. The molecule has 19 heavy (non-hydrogen) atoms. The lowest BCUT2D eigenvalue weighted by Crippen LogP contribution is -1.99. The van der Waals surface area contributed by atoms with E-state index in [-0.39, 0.29) is 0 Å². The number of phenols is 2. The third kappa shape index (κ3) is 2.58. The van der Waals surface area contributed by atoms with Crippen LogP contribution in [0.3, 0.4) is 0 Å². The molecule has 0 saturated carbocycles. The molecule has 0 bridgehead atoms. The van der Waals surface area contributed by atoms with Gasteiger partial charge >= 0.3 is 0 Å². The summed E-state index contributed by atoms with van der Waals surface area (Å²) in [5.41, 5.74) is 4.41. The Bertz CT molecular complexity index is 557. The Balaban J connectivity index is 2.31. The summed E-state index contributed by atoms with van der Waals surface area (Å²) in [6, 6.07) is 10.2. The van der Waals surface area contributed by atoms with Crippen LogP contribution in [0.4, 0.5) is 0 Å². The summed E-state index contributed by atoms with van der Waals surface area (Å²) in [6.07, 6.45) is 1.59. The van der Waals surface area contributed by atoms with Crippen molar-refractivity contribution in [3.05, 3.63) is 58.1 Å². The van der Waals surface area contributed by atoms with Gasteiger partial charge in [-0.25, -0.2) is 0 Å². The van der Waals surface area contributed by atoms with E-state index in [0.29, 0.717) is 11.5 Å². The third-order valence-electron chi connectivity index (χ3n) is 3.87. The number of phenolic OH excluding ortho intramolecular Hbond substituents is 2. The van der Waals surface area contributed by atoms with Crippen LogP contribution in [0.5, 0.6) is 11.5 Å². The van der Waals surface area contributed by atoms with Gasteiger partial charge in [0.1, 0.15) is 11.5 Å². The van der Waals surface area contributed by atoms with Crippen molar-refractivity contribution < 1.29 is 10.2 Å². The minimum absolute atomic E-state index is 0.304. The van der Waals surface area contributed by atoms with E-state index in [1.54, 1.807) is 0 Å². The van der Waals surface area contributed by atoms with Gasteiger partial charge in [-0.05, 0) is 55.9 Å². The summed E-state index contributed by atoms with van der Waals surface area (Å²) in [5.74, 6) is 0.627. The lowest BCUT2D eigenvalue weighted by Gasteiger charge is -2.15. The van der Waals surface area contributed by atoms with E-state index in [9.17, 15) is 10.2 Å². The van der Waals surface area contributed by atoms with E-state index >= 15 is 0 Å². The van der Waals surface area contributed by atoms with Gasteiger partial charge in [0.15, 0.2) is 0 Å². The maximum Gasteiger partial charge on any atom is 0.122 e. The Morgan fingerprint density at radius 3 is 1.95 bits per heavy atom. The number of aryl methyl sites for hydroxylation is 1. The minimum Gasteiger partial charge on any atom is -0.507 e. The van der Waals surface area contributed by atoms with E-state index in [0.717, 1.165) is 35.1 Å². The van der Waals surface area contributed by atoms with Gasteiger partial charge in [0.2, 0.25) is 0 Å². The molecule has 2 heteroatoms. The Labute approximate surface area is 114 Å². The van der Waals surface area contributed by atoms with Crippen LogP contribution >= 0.6 is 0 Å². The zero-order valence-electron chi connectivity index (χ0n) is 11.7. The minimum atomic E-state index is 0.304. The first-order valence-electron chi connectivity index (χ1n) is 6.57. The predicted molar refractivity (Wildman–Crippen MR) is 77.8 cm³/mol. The molecule has 0 fully saturated rings. The molecule has 0 heterocycles. The summed E-state index contributed by atoms with van der Waals surface area (Å²) >= 11 is 0. The molecule has 0 saturated heterocycles. The van der Waals surface area contributed by atoms with Gasteiger partial charge in [-0.15, -0.1) is 0 Å². The molecule has 0 aliphatic carbocycles.